The lowest BCUT2D eigenvalue weighted by Gasteiger charge is -2.28. The monoisotopic (exact) mass is 376 g/mol. The molecule has 1 amide bonds. The lowest BCUT2D eigenvalue weighted by Crippen LogP contribution is -2.45. The van der Waals surface area contributed by atoms with Crippen molar-refractivity contribution in [3.05, 3.63) is 60.2 Å². The molecule has 1 aliphatic rings. The molecule has 1 aliphatic carbocycles. The molecular weight excluding hydrogens is 352 g/mol. The van der Waals surface area contributed by atoms with Gasteiger partial charge in [0.25, 0.3) is 5.91 Å². The van der Waals surface area contributed by atoms with Gasteiger partial charge in [-0.2, -0.15) is 0 Å². The van der Waals surface area contributed by atoms with E-state index >= 15 is 0 Å². The van der Waals surface area contributed by atoms with Crippen LogP contribution in [0.2, 0.25) is 0 Å². The number of aromatic nitrogens is 1. The van der Waals surface area contributed by atoms with Gasteiger partial charge in [-0.3, -0.25) is 4.79 Å². The van der Waals surface area contributed by atoms with Crippen molar-refractivity contribution in [3.8, 4) is 17.0 Å². The second-order valence-corrected chi connectivity index (χ2v) is 7.24. The van der Waals surface area contributed by atoms with Gasteiger partial charge in [0.05, 0.1) is 24.9 Å². The van der Waals surface area contributed by atoms with Crippen molar-refractivity contribution >= 4 is 16.8 Å². The predicted molar refractivity (Wildman–Crippen MR) is 109 cm³/mol. The Morgan fingerprint density at radius 1 is 1.11 bits per heavy atom. The maximum Gasteiger partial charge on any atom is 0.251 e. The molecule has 1 saturated carbocycles. The summed E-state index contributed by atoms with van der Waals surface area (Å²) in [7, 11) is 1.63. The number of fused-ring (bicyclic) bond motifs is 1. The SMILES string of the molecule is COc1cccc2ccc(-c3cccc(C(=O)N[C@@H]4CCCC[C@H]4O)c3)nc12. The Bertz CT molecular complexity index is 1000. The molecule has 0 radical (unpaired) electrons. The summed E-state index contributed by atoms with van der Waals surface area (Å²) in [6.07, 6.45) is 3.15. The van der Waals surface area contributed by atoms with E-state index in [2.05, 4.69) is 5.32 Å². The fourth-order valence-electron chi connectivity index (χ4n) is 3.80. The number of carbonyl (C=O) groups is 1. The van der Waals surface area contributed by atoms with E-state index in [-0.39, 0.29) is 11.9 Å². The lowest BCUT2D eigenvalue weighted by atomic mass is 9.92. The van der Waals surface area contributed by atoms with Gasteiger partial charge in [0.15, 0.2) is 0 Å². The molecule has 4 rings (SSSR count). The number of amides is 1. The van der Waals surface area contributed by atoms with Crippen molar-refractivity contribution in [2.24, 2.45) is 0 Å². The van der Waals surface area contributed by atoms with Crippen molar-refractivity contribution in [1.29, 1.82) is 0 Å². The number of para-hydroxylation sites is 1. The number of hydrogen-bond donors (Lipinski definition) is 2. The Kier molecular flexibility index (Phi) is 5.26. The van der Waals surface area contributed by atoms with Gasteiger partial charge in [-0.1, -0.05) is 43.2 Å². The van der Waals surface area contributed by atoms with Crippen LogP contribution in [0.15, 0.2) is 54.6 Å². The molecule has 5 heteroatoms. The van der Waals surface area contributed by atoms with Crippen LogP contribution in [0.1, 0.15) is 36.0 Å². The van der Waals surface area contributed by atoms with Crippen molar-refractivity contribution in [3.63, 3.8) is 0 Å². The van der Waals surface area contributed by atoms with Gasteiger partial charge >= 0.3 is 0 Å². The van der Waals surface area contributed by atoms with Crippen LogP contribution in [0.25, 0.3) is 22.2 Å². The quantitative estimate of drug-likeness (QED) is 0.723. The third kappa shape index (κ3) is 3.71. The third-order valence-corrected chi connectivity index (χ3v) is 5.37. The summed E-state index contributed by atoms with van der Waals surface area (Å²) in [5.41, 5.74) is 3.01. The Labute approximate surface area is 164 Å². The molecule has 5 nitrogen and oxygen atoms in total. The number of benzene rings is 2. The molecule has 2 atom stereocenters. The minimum atomic E-state index is -0.462. The zero-order valence-corrected chi connectivity index (χ0v) is 15.9. The van der Waals surface area contributed by atoms with Crippen LogP contribution in [0.4, 0.5) is 0 Å². The number of ether oxygens (including phenoxy) is 1. The number of carbonyl (C=O) groups excluding carboxylic acids is 1. The fraction of sp³-hybridized carbons (Fsp3) is 0.304. The molecule has 1 fully saturated rings. The summed E-state index contributed by atoms with van der Waals surface area (Å²) in [5.74, 6) is 0.561. The van der Waals surface area contributed by atoms with E-state index in [0.717, 1.165) is 53.6 Å². The number of aliphatic hydroxyl groups excluding tert-OH is 1. The molecule has 3 aromatic rings. The number of aliphatic hydroxyl groups is 1. The number of nitrogens with one attached hydrogen (secondary N) is 1. The molecule has 0 unspecified atom stereocenters. The van der Waals surface area contributed by atoms with Gasteiger partial charge in [0.1, 0.15) is 11.3 Å². The third-order valence-electron chi connectivity index (χ3n) is 5.37. The Morgan fingerprint density at radius 2 is 1.93 bits per heavy atom. The lowest BCUT2D eigenvalue weighted by molar-refractivity contribution is 0.0717. The largest absolute Gasteiger partial charge is 0.494 e. The zero-order valence-electron chi connectivity index (χ0n) is 15.9. The van der Waals surface area contributed by atoms with Gasteiger partial charge in [-0.25, -0.2) is 4.98 Å². The summed E-state index contributed by atoms with van der Waals surface area (Å²) in [4.78, 5) is 17.4. The molecule has 0 aliphatic heterocycles. The number of hydrogen-bond acceptors (Lipinski definition) is 4. The second-order valence-electron chi connectivity index (χ2n) is 7.24. The van der Waals surface area contributed by atoms with E-state index in [9.17, 15) is 9.90 Å². The first kappa shape index (κ1) is 18.4. The van der Waals surface area contributed by atoms with Crippen LogP contribution in [0.3, 0.4) is 0 Å². The fourth-order valence-corrected chi connectivity index (χ4v) is 3.80. The number of nitrogens with zero attached hydrogens (tertiary/aromatic N) is 1. The first-order chi connectivity index (χ1) is 13.7. The minimum absolute atomic E-state index is 0.161. The standard InChI is InChI=1S/C23H24N2O3/c1-28-21-11-5-6-15-12-13-18(24-22(15)21)16-7-4-8-17(14-16)23(27)25-19-9-2-3-10-20(19)26/h4-8,11-14,19-20,26H,2-3,9-10H2,1H3,(H,25,27)/t19-,20-/m1/s1. The Morgan fingerprint density at radius 3 is 2.75 bits per heavy atom. The summed E-state index contributed by atoms with van der Waals surface area (Å²) in [6, 6.07) is 17.0. The van der Waals surface area contributed by atoms with Crippen LogP contribution in [0.5, 0.6) is 5.75 Å². The minimum Gasteiger partial charge on any atom is -0.494 e. The highest BCUT2D eigenvalue weighted by Gasteiger charge is 2.24. The van der Waals surface area contributed by atoms with E-state index in [1.165, 1.54) is 0 Å². The normalized spacial score (nSPS) is 19.4. The van der Waals surface area contributed by atoms with Crippen LogP contribution < -0.4 is 10.1 Å². The summed E-state index contributed by atoms with van der Waals surface area (Å²) < 4.78 is 5.42. The van der Waals surface area contributed by atoms with E-state index in [1.54, 1.807) is 13.2 Å². The highest BCUT2D eigenvalue weighted by atomic mass is 16.5. The van der Waals surface area contributed by atoms with E-state index in [0.29, 0.717) is 5.56 Å². The molecule has 144 valence electrons. The van der Waals surface area contributed by atoms with Gasteiger partial charge in [-0.15, -0.1) is 0 Å². The van der Waals surface area contributed by atoms with Gasteiger partial charge in [0.2, 0.25) is 0 Å². The molecule has 28 heavy (non-hydrogen) atoms. The molecular formula is C23H24N2O3. The Hall–Kier alpha value is -2.92. The molecule has 0 saturated heterocycles. The highest BCUT2D eigenvalue weighted by Crippen LogP contribution is 2.27. The van der Waals surface area contributed by atoms with Crippen LogP contribution in [-0.4, -0.2) is 35.3 Å². The van der Waals surface area contributed by atoms with Crippen molar-refractivity contribution in [2.75, 3.05) is 7.11 Å². The average Bonchev–Trinajstić information content (AvgIpc) is 2.74. The molecule has 1 heterocycles. The average molecular weight is 376 g/mol. The molecule has 2 N–H and O–H groups in total. The van der Waals surface area contributed by atoms with Crippen molar-refractivity contribution < 1.29 is 14.6 Å². The summed E-state index contributed by atoms with van der Waals surface area (Å²) in [5, 5.41) is 14.1. The summed E-state index contributed by atoms with van der Waals surface area (Å²) >= 11 is 0. The summed E-state index contributed by atoms with van der Waals surface area (Å²) in [6.45, 7) is 0. The number of pyridine rings is 1. The van der Waals surface area contributed by atoms with Crippen LogP contribution in [0, 0.1) is 0 Å². The highest BCUT2D eigenvalue weighted by molar-refractivity contribution is 5.96. The van der Waals surface area contributed by atoms with Gasteiger partial charge < -0.3 is 15.2 Å². The molecule has 0 spiro atoms. The maximum atomic E-state index is 12.7. The zero-order chi connectivity index (χ0) is 19.5. The maximum absolute atomic E-state index is 12.7. The van der Waals surface area contributed by atoms with Gasteiger partial charge in [0, 0.05) is 16.5 Å². The first-order valence-electron chi connectivity index (χ1n) is 9.69. The Balaban J connectivity index is 1.61. The molecule has 2 aromatic carbocycles. The molecule has 1 aromatic heterocycles. The predicted octanol–water partition coefficient (Wildman–Crippen LogP) is 3.94. The van der Waals surface area contributed by atoms with Crippen LogP contribution in [-0.2, 0) is 0 Å². The first-order valence-corrected chi connectivity index (χ1v) is 9.69. The number of rotatable bonds is 4. The van der Waals surface area contributed by atoms with E-state index < -0.39 is 6.10 Å². The van der Waals surface area contributed by atoms with Crippen molar-refractivity contribution in [1.82, 2.24) is 10.3 Å². The topological polar surface area (TPSA) is 71.5 Å². The second kappa shape index (κ2) is 7.98. The number of methoxy groups -OCH3 is 1. The van der Waals surface area contributed by atoms with Crippen LogP contribution >= 0.6 is 0 Å². The molecule has 0 bridgehead atoms. The van der Waals surface area contributed by atoms with Crippen molar-refractivity contribution in [2.45, 2.75) is 37.8 Å². The van der Waals surface area contributed by atoms with E-state index in [1.807, 2.05) is 48.5 Å². The van der Waals surface area contributed by atoms with E-state index in [4.69, 9.17) is 9.72 Å². The van der Waals surface area contributed by atoms with Gasteiger partial charge in [-0.05, 0) is 37.1 Å². The smallest absolute Gasteiger partial charge is 0.251 e.